The first-order chi connectivity index (χ1) is 8.20. The molecule has 5 heteroatoms. The van der Waals surface area contributed by atoms with E-state index in [0.29, 0.717) is 12.0 Å². The number of hydrogen-bond donors (Lipinski definition) is 0. The van der Waals surface area contributed by atoms with E-state index < -0.39 is 0 Å². The molecular formula is C12H14N4O. The second kappa shape index (κ2) is 4.86. The van der Waals surface area contributed by atoms with E-state index in [1.54, 1.807) is 10.7 Å². The zero-order chi connectivity index (χ0) is 12.3. The predicted octanol–water partition coefficient (Wildman–Crippen LogP) is 1.20. The fourth-order valence-corrected chi connectivity index (χ4v) is 1.63. The van der Waals surface area contributed by atoms with Gasteiger partial charge in [0.25, 0.3) is 0 Å². The van der Waals surface area contributed by atoms with Crippen LogP contribution in [0.5, 0.6) is 0 Å². The molecule has 0 spiro atoms. The SMILES string of the molecule is CCc1cc(CC(=O)c2ccnnc2)n(C)n1. The summed E-state index contributed by atoms with van der Waals surface area (Å²) in [7, 11) is 1.85. The third kappa shape index (κ3) is 2.55. The largest absolute Gasteiger partial charge is 0.294 e. The predicted molar refractivity (Wildman–Crippen MR) is 62.7 cm³/mol. The number of aromatic nitrogens is 4. The smallest absolute Gasteiger partial charge is 0.170 e. The molecule has 17 heavy (non-hydrogen) atoms. The molecule has 0 N–H and O–H groups in total. The first kappa shape index (κ1) is 11.4. The molecule has 0 saturated heterocycles. The highest BCUT2D eigenvalue weighted by molar-refractivity contribution is 5.96. The van der Waals surface area contributed by atoms with Crippen molar-refractivity contribution in [1.29, 1.82) is 0 Å². The fraction of sp³-hybridized carbons (Fsp3) is 0.333. The summed E-state index contributed by atoms with van der Waals surface area (Å²) in [4.78, 5) is 12.0. The molecule has 2 rings (SSSR count). The van der Waals surface area contributed by atoms with Crippen LogP contribution >= 0.6 is 0 Å². The Kier molecular flexibility index (Phi) is 3.27. The lowest BCUT2D eigenvalue weighted by Crippen LogP contribution is -2.08. The van der Waals surface area contributed by atoms with Gasteiger partial charge >= 0.3 is 0 Å². The van der Waals surface area contributed by atoms with E-state index >= 15 is 0 Å². The van der Waals surface area contributed by atoms with E-state index in [4.69, 9.17) is 0 Å². The van der Waals surface area contributed by atoms with Crippen molar-refractivity contribution in [3.05, 3.63) is 41.5 Å². The Balaban J connectivity index is 2.16. The fourth-order valence-electron chi connectivity index (χ4n) is 1.63. The molecule has 0 fully saturated rings. The topological polar surface area (TPSA) is 60.7 Å². The van der Waals surface area contributed by atoms with Gasteiger partial charge in [-0.1, -0.05) is 6.92 Å². The van der Waals surface area contributed by atoms with Crippen molar-refractivity contribution >= 4 is 5.78 Å². The van der Waals surface area contributed by atoms with Crippen LogP contribution in [0.25, 0.3) is 0 Å². The number of aryl methyl sites for hydroxylation is 2. The molecule has 88 valence electrons. The number of carbonyl (C=O) groups excluding carboxylic acids is 1. The normalized spacial score (nSPS) is 10.5. The van der Waals surface area contributed by atoms with Crippen LogP contribution < -0.4 is 0 Å². The Bertz CT molecular complexity index is 519. The molecule has 2 aromatic heterocycles. The number of rotatable bonds is 4. The maximum Gasteiger partial charge on any atom is 0.170 e. The lowest BCUT2D eigenvalue weighted by Gasteiger charge is -2.00. The van der Waals surface area contributed by atoms with Crippen molar-refractivity contribution in [2.45, 2.75) is 19.8 Å². The molecule has 0 aliphatic carbocycles. The van der Waals surface area contributed by atoms with Gasteiger partial charge < -0.3 is 0 Å². The van der Waals surface area contributed by atoms with E-state index in [2.05, 4.69) is 15.3 Å². The van der Waals surface area contributed by atoms with E-state index in [1.807, 2.05) is 20.0 Å². The van der Waals surface area contributed by atoms with Crippen LogP contribution in [0.1, 0.15) is 28.7 Å². The highest BCUT2D eigenvalue weighted by Gasteiger charge is 2.11. The van der Waals surface area contributed by atoms with Crippen molar-refractivity contribution < 1.29 is 4.79 Å². The van der Waals surface area contributed by atoms with Gasteiger partial charge in [-0.25, -0.2) is 0 Å². The lowest BCUT2D eigenvalue weighted by atomic mass is 10.1. The molecule has 0 aromatic carbocycles. The lowest BCUT2D eigenvalue weighted by molar-refractivity contribution is 0.0990. The van der Waals surface area contributed by atoms with Gasteiger partial charge in [0.1, 0.15) is 0 Å². The summed E-state index contributed by atoms with van der Waals surface area (Å²) in [6.07, 6.45) is 4.22. The van der Waals surface area contributed by atoms with E-state index in [-0.39, 0.29) is 5.78 Å². The van der Waals surface area contributed by atoms with Crippen LogP contribution in [-0.4, -0.2) is 25.8 Å². The zero-order valence-electron chi connectivity index (χ0n) is 9.92. The number of nitrogens with zero attached hydrogens (tertiary/aromatic N) is 4. The summed E-state index contributed by atoms with van der Waals surface area (Å²) in [5, 5.41) is 11.7. The summed E-state index contributed by atoms with van der Waals surface area (Å²) < 4.78 is 1.76. The Labute approximate surface area is 99.5 Å². The van der Waals surface area contributed by atoms with Gasteiger partial charge in [-0.3, -0.25) is 9.48 Å². The average molecular weight is 230 g/mol. The Hall–Kier alpha value is -2.04. The van der Waals surface area contributed by atoms with Crippen LogP contribution in [0.4, 0.5) is 0 Å². The van der Waals surface area contributed by atoms with Crippen molar-refractivity contribution in [1.82, 2.24) is 20.0 Å². The summed E-state index contributed by atoms with van der Waals surface area (Å²) in [5.41, 5.74) is 2.51. The van der Waals surface area contributed by atoms with E-state index in [0.717, 1.165) is 17.8 Å². The summed E-state index contributed by atoms with van der Waals surface area (Å²) in [5.74, 6) is 0.0329. The molecule has 2 heterocycles. The first-order valence-electron chi connectivity index (χ1n) is 5.52. The Morgan fingerprint density at radius 2 is 2.24 bits per heavy atom. The summed E-state index contributed by atoms with van der Waals surface area (Å²) in [6, 6.07) is 3.64. The van der Waals surface area contributed by atoms with Crippen LogP contribution in [0, 0.1) is 0 Å². The summed E-state index contributed by atoms with van der Waals surface area (Å²) >= 11 is 0. The minimum absolute atomic E-state index is 0.0329. The second-order valence-corrected chi connectivity index (χ2v) is 3.84. The highest BCUT2D eigenvalue weighted by atomic mass is 16.1. The van der Waals surface area contributed by atoms with Gasteiger partial charge in [0, 0.05) is 18.3 Å². The number of ketones is 1. The van der Waals surface area contributed by atoms with Gasteiger partial charge in [-0.2, -0.15) is 15.3 Å². The molecule has 0 bridgehead atoms. The van der Waals surface area contributed by atoms with Crippen molar-refractivity contribution in [2.24, 2.45) is 7.05 Å². The molecule has 0 aliphatic heterocycles. The molecule has 0 amide bonds. The van der Waals surface area contributed by atoms with Gasteiger partial charge in [0.05, 0.1) is 24.5 Å². The average Bonchev–Trinajstić information content (AvgIpc) is 2.71. The van der Waals surface area contributed by atoms with Crippen LogP contribution in [-0.2, 0) is 19.9 Å². The third-order valence-corrected chi connectivity index (χ3v) is 2.64. The minimum Gasteiger partial charge on any atom is -0.294 e. The van der Waals surface area contributed by atoms with E-state index in [9.17, 15) is 4.79 Å². The van der Waals surface area contributed by atoms with Gasteiger partial charge in [-0.05, 0) is 18.6 Å². The minimum atomic E-state index is 0.0329. The molecule has 5 nitrogen and oxygen atoms in total. The third-order valence-electron chi connectivity index (χ3n) is 2.64. The maximum atomic E-state index is 12.0. The molecule has 0 saturated carbocycles. The van der Waals surface area contributed by atoms with E-state index in [1.165, 1.54) is 12.4 Å². The Morgan fingerprint density at radius 1 is 1.41 bits per heavy atom. The first-order valence-corrected chi connectivity index (χ1v) is 5.52. The van der Waals surface area contributed by atoms with Crippen LogP contribution in [0.15, 0.2) is 24.5 Å². The van der Waals surface area contributed by atoms with Gasteiger partial charge in [-0.15, -0.1) is 0 Å². The van der Waals surface area contributed by atoms with Crippen LogP contribution in [0.3, 0.4) is 0 Å². The van der Waals surface area contributed by atoms with Crippen molar-refractivity contribution in [3.8, 4) is 0 Å². The zero-order valence-corrected chi connectivity index (χ0v) is 9.92. The number of carbonyl (C=O) groups is 1. The molecular weight excluding hydrogens is 216 g/mol. The summed E-state index contributed by atoms with van der Waals surface area (Å²) in [6.45, 7) is 2.04. The van der Waals surface area contributed by atoms with Crippen molar-refractivity contribution in [2.75, 3.05) is 0 Å². The second-order valence-electron chi connectivity index (χ2n) is 3.84. The molecule has 0 atom stereocenters. The van der Waals surface area contributed by atoms with Crippen LogP contribution in [0.2, 0.25) is 0 Å². The van der Waals surface area contributed by atoms with Gasteiger partial charge in [0.15, 0.2) is 5.78 Å². The molecule has 0 radical (unpaired) electrons. The van der Waals surface area contributed by atoms with Gasteiger partial charge in [0.2, 0.25) is 0 Å². The molecule has 0 aliphatic rings. The Morgan fingerprint density at radius 3 is 2.82 bits per heavy atom. The maximum absolute atomic E-state index is 12.0. The number of hydrogen-bond acceptors (Lipinski definition) is 4. The monoisotopic (exact) mass is 230 g/mol. The molecule has 2 aromatic rings. The van der Waals surface area contributed by atoms with Crippen molar-refractivity contribution in [3.63, 3.8) is 0 Å². The molecule has 0 unspecified atom stereocenters. The standard InChI is InChI=1S/C12H14N4O/c1-3-10-6-11(16(2)15-10)7-12(17)9-4-5-13-14-8-9/h4-6,8H,3,7H2,1-2H3. The quantitative estimate of drug-likeness (QED) is 0.740. The highest BCUT2D eigenvalue weighted by Crippen LogP contribution is 2.08. The number of Topliss-reactive ketones (excluding diaryl/α,β-unsaturated/α-hetero) is 1.